The Labute approximate surface area is 116 Å². The zero-order valence-electron chi connectivity index (χ0n) is 11.0. The first-order valence-corrected chi connectivity index (χ1v) is 6.62. The zero-order chi connectivity index (χ0) is 15.6. The van der Waals surface area contributed by atoms with Gasteiger partial charge in [-0.05, 0) is 26.8 Å². The van der Waals surface area contributed by atoms with Crippen LogP contribution < -0.4 is 4.74 Å². The van der Waals surface area contributed by atoms with E-state index in [2.05, 4.69) is 9.13 Å². The van der Waals surface area contributed by atoms with E-state index in [1.165, 1.54) is 12.1 Å². The molecule has 3 nitrogen and oxygen atoms in total. The third-order valence-electron chi connectivity index (χ3n) is 2.03. The number of alkyl halides is 3. The molecular formula is C12H13F4NO2S. The smallest absolute Gasteiger partial charge is 0.403 e. The van der Waals surface area contributed by atoms with Crippen LogP contribution in [0, 0.1) is 5.82 Å². The molecule has 0 amide bonds. The highest BCUT2D eigenvalue weighted by molar-refractivity contribution is 7.85. The monoisotopic (exact) mass is 311 g/mol. The number of rotatable bonds is 3. The fraction of sp³-hybridized carbons (Fsp3) is 0.417. The molecule has 0 aromatic heterocycles. The molecule has 1 aromatic carbocycles. The van der Waals surface area contributed by atoms with Gasteiger partial charge in [-0.15, -0.1) is 13.2 Å². The van der Waals surface area contributed by atoms with Crippen LogP contribution in [0.4, 0.5) is 17.6 Å². The van der Waals surface area contributed by atoms with Crippen molar-refractivity contribution >= 4 is 17.2 Å². The molecule has 0 bridgehead atoms. The summed E-state index contributed by atoms with van der Waals surface area (Å²) in [5.74, 6) is -2.16. The van der Waals surface area contributed by atoms with Crippen molar-refractivity contribution in [2.75, 3.05) is 0 Å². The van der Waals surface area contributed by atoms with E-state index >= 15 is 0 Å². The second kappa shape index (κ2) is 5.90. The molecule has 0 radical (unpaired) electrons. The van der Waals surface area contributed by atoms with Crippen molar-refractivity contribution in [3.8, 4) is 5.75 Å². The predicted molar refractivity (Wildman–Crippen MR) is 68.6 cm³/mol. The number of benzene rings is 1. The Morgan fingerprint density at radius 2 is 1.85 bits per heavy atom. The fourth-order valence-corrected chi connectivity index (χ4v) is 1.62. The van der Waals surface area contributed by atoms with Crippen molar-refractivity contribution in [1.82, 2.24) is 0 Å². The predicted octanol–water partition coefficient (Wildman–Crippen LogP) is 3.61. The SMILES string of the molecule is CC(C)(C)[S@@](=O)N=Cc1cccc(OC(F)(F)F)c1F. The quantitative estimate of drug-likeness (QED) is 0.632. The largest absolute Gasteiger partial charge is 0.573 e. The summed E-state index contributed by atoms with van der Waals surface area (Å²) >= 11 is 0. The zero-order valence-corrected chi connectivity index (χ0v) is 11.8. The van der Waals surface area contributed by atoms with Gasteiger partial charge in [-0.25, -0.2) is 8.60 Å². The lowest BCUT2D eigenvalue weighted by Crippen LogP contribution is -2.20. The van der Waals surface area contributed by atoms with Crippen LogP contribution in [0.25, 0.3) is 0 Å². The van der Waals surface area contributed by atoms with Gasteiger partial charge >= 0.3 is 6.36 Å². The summed E-state index contributed by atoms with van der Waals surface area (Å²) in [5.41, 5.74) is -0.232. The van der Waals surface area contributed by atoms with Crippen molar-refractivity contribution in [3.05, 3.63) is 29.6 Å². The molecule has 0 aliphatic rings. The minimum atomic E-state index is -4.98. The minimum absolute atomic E-state index is 0.232. The summed E-state index contributed by atoms with van der Waals surface area (Å²) in [6.07, 6.45) is -4.05. The molecule has 20 heavy (non-hydrogen) atoms. The maximum Gasteiger partial charge on any atom is 0.573 e. The number of nitrogens with zero attached hydrogens (tertiary/aromatic N) is 1. The first-order chi connectivity index (χ1) is 9.00. The lowest BCUT2D eigenvalue weighted by Gasteiger charge is -2.13. The molecule has 0 heterocycles. The Morgan fingerprint density at radius 3 is 2.35 bits per heavy atom. The van der Waals surface area contributed by atoms with E-state index in [4.69, 9.17) is 0 Å². The topological polar surface area (TPSA) is 38.7 Å². The molecular weight excluding hydrogens is 298 g/mol. The highest BCUT2D eigenvalue weighted by atomic mass is 32.2. The highest BCUT2D eigenvalue weighted by Gasteiger charge is 2.32. The van der Waals surface area contributed by atoms with Crippen LogP contribution in [0.2, 0.25) is 0 Å². The van der Waals surface area contributed by atoms with Crippen LogP contribution in [0.1, 0.15) is 26.3 Å². The van der Waals surface area contributed by atoms with Crippen LogP contribution in [0.3, 0.4) is 0 Å². The van der Waals surface area contributed by atoms with Crippen molar-refractivity contribution < 1.29 is 26.5 Å². The van der Waals surface area contributed by atoms with Crippen LogP contribution in [0.15, 0.2) is 22.6 Å². The van der Waals surface area contributed by atoms with Crippen LogP contribution in [0.5, 0.6) is 5.75 Å². The molecule has 0 unspecified atom stereocenters. The lowest BCUT2D eigenvalue weighted by atomic mass is 10.2. The van der Waals surface area contributed by atoms with Crippen LogP contribution in [-0.4, -0.2) is 21.5 Å². The summed E-state index contributed by atoms with van der Waals surface area (Å²) in [4.78, 5) is 0. The van der Waals surface area contributed by atoms with Gasteiger partial charge in [0.2, 0.25) is 0 Å². The molecule has 0 fully saturated rings. The average Bonchev–Trinajstić information content (AvgIpc) is 2.27. The second-order valence-electron chi connectivity index (χ2n) is 4.80. The molecule has 0 aliphatic heterocycles. The van der Waals surface area contributed by atoms with E-state index in [1.54, 1.807) is 20.8 Å². The van der Waals surface area contributed by atoms with Gasteiger partial charge in [-0.2, -0.15) is 4.40 Å². The highest BCUT2D eigenvalue weighted by Crippen LogP contribution is 2.26. The van der Waals surface area contributed by atoms with Crippen LogP contribution >= 0.6 is 0 Å². The third kappa shape index (κ3) is 4.92. The van der Waals surface area contributed by atoms with Gasteiger partial charge in [-0.3, -0.25) is 0 Å². The number of hydrogen-bond donors (Lipinski definition) is 0. The molecule has 0 N–H and O–H groups in total. The van der Waals surface area contributed by atoms with Gasteiger partial charge in [0.1, 0.15) is 11.0 Å². The van der Waals surface area contributed by atoms with E-state index in [0.29, 0.717) is 0 Å². The minimum Gasteiger partial charge on any atom is -0.403 e. The first-order valence-electron chi connectivity index (χ1n) is 5.51. The third-order valence-corrected chi connectivity index (χ3v) is 3.37. The van der Waals surface area contributed by atoms with E-state index in [1.807, 2.05) is 0 Å². The van der Waals surface area contributed by atoms with Gasteiger partial charge in [0.25, 0.3) is 0 Å². The van der Waals surface area contributed by atoms with Crippen LogP contribution in [-0.2, 0) is 11.0 Å². The molecule has 0 aliphatic carbocycles. The second-order valence-corrected chi connectivity index (χ2v) is 6.74. The summed E-state index contributed by atoms with van der Waals surface area (Å²) in [6, 6.07) is 3.24. The molecule has 0 spiro atoms. The Kier molecular flexibility index (Phi) is 4.90. The normalized spacial score (nSPS) is 14.6. The molecule has 0 saturated heterocycles. The molecule has 1 aromatic rings. The summed E-state index contributed by atoms with van der Waals surface area (Å²) in [5, 5.41) is 0. The van der Waals surface area contributed by atoms with Gasteiger partial charge in [0.05, 0.1) is 4.75 Å². The van der Waals surface area contributed by atoms with Gasteiger partial charge in [0, 0.05) is 11.8 Å². The average molecular weight is 311 g/mol. The van der Waals surface area contributed by atoms with Gasteiger partial charge < -0.3 is 4.74 Å². The standard InChI is InChI=1S/C12H13F4NO2S/c1-11(2,3)20(18)17-7-8-5-4-6-9(10(8)13)19-12(14,15)16/h4-7H,1-3H3/t20-/m1/s1. The van der Waals surface area contributed by atoms with E-state index < -0.39 is 33.7 Å². The molecule has 1 rings (SSSR count). The maximum atomic E-state index is 13.7. The van der Waals surface area contributed by atoms with Crippen molar-refractivity contribution in [2.24, 2.45) is 4.40 Å². The summed E-state index contributed by atoms with van der Waals surface area (Å²) in [6.45, 7) is 5.00. The number of ether oxygens (including phenoxy) is 1. The Balaban J connectivity index is 3.01. The van der Waals surface area contributed by atoms with Crippen molar-refractivity contribution in [2.45, 2.75) is 31.9 Å². The Hall–Kier alpha value is -1.44. The van der Waals surface area contributed by atoms with Gasteiger partial charge in [-0.1, -0.05) is 12.1 Å². The summed E-state index contributed by atoms with van der Waals surface area (Å²) in [7, 11) is -1.63. The summed E-state index contributed by atoms with van der Waals surface area (Å²) < 4.78 is 68.1. The lowest BCUT2D eigenvalue weighted by molar-refractivity contribution is -0.275. The molecule has 1 atom stereocenters. The molecule has 0 saturated carbocycles. The Morgan fingerprint density at radius 1 is 1.25 bits per heavy atom. The van der Waals surface area contributed by atoms with Gasteiger partial charge in [0.15, 0.2) is 11.6 Å². The first kappa shape index (κ1) is 16.6. The van der Waals surface area contributed by atoms with E-state index in [-0.39, 0.29) is 5.56 Å². The molecule has 112 valence electrons. The Bertz CT molecular complexity index is 535. The maximum absolute atomic E-state index is 13.7. The van der Waals surface area contributed by atoms with Crippen molar-refractivity contribution in [3.63, 3.8) is 0 Å². The molecule has 8 heteroatoms. The number of hydrogen-bond acceptors (Lipinski definition) is 2. The number of halogens is 4. The van der Waals surface area contributed by atoms with E-state index in [9.17, 15) is 21.8 Å². The van der Waals surface area contributed by atoms with E-state index in [0.717, 1.165) is 12.3 Å². The van der Waals surface area contributed by atoms with Crippen molar-refractivity contribution in [1.29, 1.82) is 0 Å². The fourth-order valence-electron chi connectivity index (χ4n) is 1.09.